The molecular weight excluding hydrogens is 332 g/mol. The smallest absolute Gasteiger partial charge is 0.283 e. The van der Waals surface area contributed by atoms with Crippen molar-refractivity contribution < 1.29 is 4.92 Å². The highest BCUT2D eigenvalue weighted by Crippen LogP contribution is 2.63. The van der Waals surface area contributed by atoms with Gasteiger partial charge in [0.2, 0.25) is 0 Å². The van der Waals surface area contributed by atoms with Crippen LogP contribution >= 0.6 is 15.9 Å². The molecule has 114 valence electrons. The van der Waals surface area contributed by atoms with Gasteiger partial charge >= 0.3 is 0 Å². The fraction of sp³-hybridized carbons (Fsp3) is 0.625. The molecule has 2 bridgehead atoms. The first-order chi connectivity index (χ1) is 9.74. The average molecular weight is 353 g/mol. The SMILES string of the molecule is CC12CCC(C1)C(C)(C)C2Nc1ccc([N+](=O)[O-])c(Br)c1. The molecule has 1 aromatic carbocycles. The Bertz CT molecular complexity index is 597. The van der Waals surface area contributed by atoms with Gasteiger partial charge in [-0.2, -0.15) is 0 Å². The van der Waals surface area contributed by atoms with E-state index in [9.17, 15) is 10.1 Å². The predicted octanol–water partition coefficient (Wildman–Crippen LogP) is 4.98. The van der Waals surface area contributed by atoms with Crippen LogP contribution < -0.4 is 5.32 Å². The van der Waals surface area contributed by atoms with E-state index in [4.69, 9.17) is 0 Å². The number of nitrogens with zero attached hydrogens (tertiary/aromatic N) is 1. The molecule has 1 aromatic rings. The second-order valence-electron chi connectivity index (χ2n) is 7.42. The third-order valence-electron chi connectivity index (χ3n) is 5.73. The van der Waals surface area contributed by atoms with Crippen molar-refractivity contribution in [1.29, 1.82) is 0 Å². The van der Waals surface area contributed by atoms with Crippen LogP contribution in [0.2, 0.25) is 0 Å². The van der Waals surface area contributed by atoms with Gasteiger partial charge in [0.05, 0.1) is 9.40 Å². The quantitative estimate of drug-likeness (QED) is 0.616. The van der Waals surface area contributed by atoms with Crippen LogP contribution in [0.5, 0.6) is 0 Å². The minimum absolute atomic E-state index is 0.110. The molecule has 0 radical (unpaired) electrons. The standard InChI is InChI=1S/C16H21BrN2O2/c1-15(2)10-6-7-16(3,9-10)14(15)18-11-4-5-13(19(20)21)12(17)8-11/h4-5,8,10,14,18H,6-7,9H2,1-3H3. The molecule has 2 fully saturated rings. The average Bonchev–Trinajstić information content (AvgIpc) is 2.85. The van der Waals surface area contributed by atoms with Crippen LogP contribution in [0.1, 0.15) is 40.0 Å². The number of nitrogens with one attached hydrogen (secondary N) is 1. The molecule has 2 aliphatic carbocycles. The molecule has 3 atom stereocenters. The lowest BCUT2D eigenvalue weighted by Gasteiger charge is -2.43. The first-order valence-electron chi connectivity index (χ1n) is 7.44. The molecule has 5 heteroatoms. The Kier molecular flexibility index (Phi) is 3.32. The zero-order chi connectivity index (χ0) is 15.4. The Morgan fingerprint density at radius 1 is 1.38 bits per heavy atom. The molecule has 2 aliphatic rings. The molecule has 2 saturated carbocycles. The summed E-state index contributed by atoms with van der Waals surface area (Å²) in [7, 11) is 0. The normalized spacial score (nSPS) is 33.1. The summed E-state index contributed by atoms with van der Waals surface area (Å²) < 4.78 is 0.531. The number of anilines is 1. The van der Waals surface area contributed by atoms with Gasteiger partial charge in [0.15, 0.2) is 0 Å². The van der Waals surface area contributed by atoms with E-state index in [2.05, 4.69) is 42.0 Å². The monoisotopic (exact) mass is 352 g/mol. The number of rotatable bonds is 3. The van der Waals surface area contributed by atoms with Crippen molar-refractivity contribution in [3.05, 3.63) is 32.8 Å². The van der Waals surface area contributed by atoms with Crippen LogP contribution in [0.3, 0.4) is 0 Å². The van der Waals surface area contributed by atoms with Crippen molar-refractivity contribution in [3.8, 4) is 0 Å². The third kappa shape index (κ3) is 2.26. The van der Waals surface area contributed by atoms with Crippen LogP contribution in [-0.4, -0.2) is 11.0 Å². The minimum atomic E-state index is -0.364. The Labute approximate surface area is 133 Å². The maximum absolute atomic E-state index is 10.9. The van der Waals surface area contributed by atoms with Gasteiger partial charge in [0.25, 0.3) is 5.69 Å². The lowest BCUT2D eigenvalue weighted by Crippen LogP contribution is -2.45. The van der Waals surface area contributed by atoms with Gasteiger partial charge in [-0.3, -0.25) is 10.1 Å². The van der Waals surface area contributed by atoms with E-state index < -0.39 is 0 Å². The second-order valence-corrected chi connectivity index (χ2v) is 8.27. The van der Waals surface area contributed by atoms with Crippen LogP contribution in [0.4, 0.5) is 11.4 Å². The highest BCUT2D eigenvalue weighted by Gasteiger charge is 2.59. The van der Waals surface area contributed by atoms with E-state index in [1.807, 2.05) is 12.1 Å². The number of hydrogen-bond donors (Lipinski definition) is 1. The predicted molar refractivity (Wildman–Crippen MR) is 87.4 cm³/mol. The van der Waals surface area contributed by atoms with Crippen molar-refractivity contribution in [1.82, 2.24) is 0 Å². The number of nitro benzene ring substituents is 1. The van der Waals surface area contributed by atoms with E-state index in [1.165, 1.54) is 19.3 Å². The fourth-order valence-electron chi connectivity index (χ4n) is 4.57. The highest BCUT2D eigenvalue weighted by atomic mass is 79.9. The van der Waals surface area contributed by atoms with Crippen LogP contribution in [0, 0.1) is 26.9 Å². The van der Waals surface area contributed by atoms with Gasteiger partial charge < -0.3 is 5.32 Å². The number of benzene rings is 1. The topological polar surface area (TPSA) is 55.2 Å². The number of nitro groups is 1. The van der Waals surface area contributed by atoms with E-state index in [0.717, 1.165) is 11.6 Å². The summed E-state index contributed by atoms with van der Waals surface area (Å²) in [5, 5.41) is 14.5. The largest absolute Gasteiger partial charge is 0.381 e. The summed E-state index contributed by atoms with van der Waals surface area (Å²) >= 11 is 3.30. The highest BCUT2D eigenvalue weighted by molar-refractivity contribution is 9.10. The molecule has 0 aromatic heterocycles. The molecule has 0 amide bonds. The zero-order valence-electron chi connectivity index (χ0n) is 12.6. The zero-order valence-corrected chi connectivity index (χ0v) is 14.2. The lowest BCUT2D eigenvalue weighted by molar-refractivity contribution is -0.385. The van der Waals surface area contributed by atoms with Gasteiger partial charge in [-0.1, -0.05) is 20.8 Å². The van der Waals surface area contributed by atoms with Crippen molar-refractivity contribution in [2.75, 3.05) is 5.32 Å². The van der Waals surface area contributed by atoms with Gasteiger partial charge in [-0.05, 0) is 64.1 Å². The Balaban J connectivity index is 1.87. The summed E-state index contributed by atoms with van der Waals surface area (Å²) in [6.07, 6.45) is 3.88. The molecule has 1 N–H and O–H groups in total. The molecule has 0 aliphatic heterocycles. The van der Waals surface area contributed by atoms with Crippen molar-refractivity contribution in [2.45, 2.75) is 46.1 Å². The molecule has 0 heterocycles. The van der Waals surface area contributed by atoms with Gasteiger partial charge in [-0.15, -0.1) is 0 Å². The number of hydrogen-bond acceptors (Lipinski definition) is 3. The summed E-state index contributed by atoms with van der Waals surface area (Å²) in [5.74, 6) is 0.779. The molecule has 21 heavy (non-hydrogen) atoms. The fourth-order valence-corrected chi connectivity index (χ4v) is 5.10. The van der Waals surface area contributed by atoms with Crippen LogP contribution in [0.15, 0.2) is 22.7 Å². The second kappa shape index (κ2) is 4.70. The van der Waals surface area contributed by atoms with Crippen LogP contribution in [0.25, 0.3) is 0 Å². The lowest BCUT2D eigenvalue weighted by atomic mass is 9.68. The van der Waals surface area contributed by atoms with Gasteiger partial charge in [0.1, 0.15) is 0 Å². The minimum Gasteiger partial charge on any atom is -0.381 e. The van der Waals surface area contributed by atoms with Crippen molar-refractivity contribution in [2.24, 2.45) is 16.7 Å². The molecular formula is C16H21BrN2O2. The maximum Gasteiger partial charge on any atom is 0.283 e. The van der Waals surface area contributed by atoms with Gasteiger partial charge in [0, 0.05) is 17.8 Å². The van der Waals surface area contributed by atoms with Gasteiger partial charge in [-0.25, -0.2) is 0 Å². The Hall–Kier alpha value is -1.10. The van der Waals surface area contributed by atoms with E-state index >= 15 is 0 Å². The number of halogens is 1. The van der Waals surface area contributed by atoms with E-state index in [1.54, 1.807) is 6.07 Å². The summed E-state index contributed by atoms with van der Waals surface area (Å²) in [4.78, 5) is 10.5. The summed E-state index contributed by atoms with van der Waals surface area (Å²) in [6, 6.07) is 5.62. The molecule has 3 rings (SSSR count). The maximum atomic E-state index is 10.9. The summed E-state index contributed by atoms with van der Waals surface area (Å²) in [6.45, 7) is 7.07. The number of fused-ring (bicyclic) bond motifs is 2. The van der Waals surface area contributed by atoms with Crippen molar-refractivity contribution >= 4 is 27.3 Å². The van der Waals surface area contributed by atoms with Crippen molar-refractivity contribution in [3.63, 3.8) is 0 Å². The van der Waals surface area contributed by atoms with E-state index in [-0.39, 0.29) is 16.0 Å². The van der Waals surface area contributed by atoms with E-state index in [0.29, 0.717) is 15.9 Å². The molecule has 0 spiro atoms. The first-order valence-corrected chi connectivity index (χ1v) is 8.24. The molecule has 3 unspecified atom stereocenters. The molecule has 0 saturated heterocycles. The Morgan fingerprint density at radius 3 is 2.62 bits per heavy atom. The Morgan fingerprint density at radius 2 is 2.10 bits per heavy atom. The summed E-state index contributed by atoms with van der Waals surface area (Å²) in [5.41, 5.74) is 1.67. The van der Waals surface area contributed by atoms with Crippen LogP contribution in [-0.2, 0) is 0 Å². The first kappa shape index (κ1) is 14.8. The third-order valence-corrected chi connectivity index (χ3v) is 6.36. The molecule has 4 nitrogen and oxygen atoms in total.